The second kappa shape index (κ2) is 18.3. The van der Waals surface area contributed by atoms with Crippen molar-refractivity contribution in [1.82, 2.24) is 21.3 Å². The molecule has 0 bridgehead atoms. The summed E-state index contributed by atoms with van der Waals surface area (Å²) in [5.41, 5.74) is 0.933. The van der Waals surface area contributed by atoms with E-state index in [9.17, 15) is 29.1 Å². The van der Waals surface area contributed by atoms with Gasteiger partial charge in [0.1, 0.15) is 12.1 Å². The monoisotopic (exact) mass is 602 g/mol. The molecule has 11 heteroatoms. The number of hydrogen-bond donors (Lipinski definition) is 6. The molecule has 2 rings (SSSR count). The quantitative estimate of drug-likeness (QED) is 0.133. The Morgan fingerprint density at radius 3 is 2.16 bits per heavy atom. The summed E-state index contributed by atoms with van der Waals surface area (Å²) in [5, 5.41) is 31.1. The van der Waals surface area contributed by atoms with E-state index in [0.29, 0.717) is 31.7 Å². The van der Waals surface area contributed by atoms with E-state index in [4.69, 9.17) is 5.11 Å². The predicted molar refractivity (Wildman–Crippen MR) is 162 cm³/mol. The van der Waals surface area contributed by atoms with Crippen LogP contribution in [0.1, 0.15) is 91.0 Å². The van der Waals surface area contributed by atoms with E-state index >= 15 is 0 Å². The minimum Gasteiger partial charge on any atom is -0.481 e. The van der Waals surface area contributed by atoms with Crippen molar-refractivity contribution >= 4 is 29.6 Å². The number of rotatable bonds is 20. The summed E-state index contributed by atoms with van der Waals surface area (Å²) in [5.74, 6) is -2.48. The van der Waals surface area contributed by atoms with Gasteiger partial charge in [0.05, 0.1) is 18.6 Å². The number of aliphatic hydroxyl groups is 1. The second-order valence-corrected chi connectivity index (χ2v) is 12.2. The summed E-state index contributed by atoms with van der Waals surface area (Å²) in [4.78, 5) is 62.8. The summed E-state index contributed by atoms with van der Waals surface area (Å²) in [6.45, 7) is 7.97. The van der Waals surface area contributed by atoms with E-state index in [2.05, 4.69) is 21.3 Å². The first-order chi connectivity index (χ1) is 20.4. The van der Waals surface area contributed by atoms with Gasteiger partial charge in [0.2, 0.25) is 23.6 Å². The van der Waals surface area contributed by atoms with Gasteiger partial charge >= 0.3 is 5.97 Å². The van der Waals surface area contributed by atoms with Gasteiger partial charge in [-0.3, -0.25) is 24.0 Å². The van der Waals surface area contributed by atoms with Crippen molar-refractivity contribution in [3.63, 3.8) is 0 Å². The van der Waals surface area contributed by atoms with Gasteiger partial charge in [-0.1, -0.05) is 77.3 Å². The third-order valence-corrected chi connectivity index (χ3v) is 7.75. The fraction of sp³-hybridized carbons (Fsp3) is 0.656. The van der Waals surface area contributed by atoms with Crippen LogP contribution >= 0.6 is 0 Å². The predicted octanol–water partition coefficient (Wildman–Crippen LogP) is 2.66. The van der Waals surface area contributed by atoms with E-state index in [0.717, 1.165) is 18.4 Å². The molecule has 0 spiro atoms. The van der Waals surface area contributed by atoms with Gasteiger partial charge in [-0.05, 0) is 42.6 Å². The third kappa shape index (κ3) is 14.0. The lowest BCUT2D eigenvalue weighted by molar-refractivity contribution is -0.137. The number of amides is 4. The highest BCUT2D eigenvalue weighted by Gasteiger charge is 2.35. The molecule has 5 atom stereocenters. The summed E-state index contributed by atoms with van der Waals surface area (Å²) in [7, 11) is 0. The molecule has 1 aliphatic carbocycles. The first-order valence-electron chi connectivity index (χ1n) is 15.5. The summed E-state index contributed by atoms with van der Waals surface area (Å²) in [6.07, 6.45) is 2.05. The zero-order chi connectivity index (χ0) is 31.9. The Morgan fingerprint density at radius 2 is 1.58 bits per heavy atom. The molecule has 0 heterocycles. The number of hydrogen-bond acceptors (Lipinski definition) is 6. The Kier molecular flexibility index (Phi) is 15.2. The lowest BCUT2D eigenvalue weighted by Crippen LogP contribution is -2.57. The maximum absolute atomic E-state index is 13.5. The minimum absolute atomic E-state index is 0.0216. The lowest BCUT2D eigenvalue weighted by atomic mass is 9.95. The van der Waals surface area contributed by atoms with E-state index < -0.39 is 47.9 Å². The highest BCUT2D eigenvalue weighted by atomic mass is 16.4. The molecule has 0 radical (unpaired) electrons. The molecule has 6 N–H and O–H groups in total. The number of carboxylic acid groups (broad SMARTS) is 1. The molecule has 1 fully saturated rings. The topological polar surface area (TPSA) is 174 Å². The fourth-order valence-electron chi connectivity index (χ4n) is 4.83. The van der Waals surface area contributed by atoms with Gasteiger partial charge < -0.3 is 31.5 Å². The van der Waals surface area contributed by atoms with Crippen LogP contribution in [0.15, 0.2) is 30.3 Å². The number of carboxylic acids is 1. The van der Waals surface area contributed by atoms with Crippen LogP contribution < -0.4 is 21.3 Å². The Bertz CT molecular complexity index is 1060. The van der Waals surface area contributed by atoms with E-state index in [1.165, 1.54) is 0 Å². The zero-order valence-electron chi connectivity index (χ0n) is 25.9. The molecule has 1 aromatic rings. The van der Waals surface area contributed by atoms with Gasteiger partial charge in [-0.25, -0.2) is 0 Å². The van der Waals surface area contributed by atoms with Crippen LogP contribution in [-0.4, -0.2) is 64.0 Å². The second-order valence-electron chi connectivity index (χ2n) is 12.2. The molecule has 240 valence electrons. The van der Waals surface area contributed by atoms with Crippen LogP contribution in [0.25, 0.3) is 0 Å². The molecule has 11 nitrogen and oxygen atoms in total. The van der Waals surface area contributed by atoms with Gasteiger partial charge in [0.15, 0.2) is 0 Å². The average molecular weight is 603 g/mol. The summed E-state index contributed by atoms with van der Waals surface area (Å²) in [6, 6.07) is 6.97. The van der Waals surface area contributed by atoms with Crippen molar-refractivity contribution < 1.29 is 34.2 Å². The third-order valence-electron chi connectivity index (χ3n) is 7.75. The standard InChI is InChI=1S/C32H50N4O7/c1-5-21(4)30(36-27(38)12-9-13-29(40)41)32(43)35-25(17-22-14-15-22)31(42)34-24(16-20(2)3)26(37)18-28(39)33-19-23-10-7-6-8-11-23/h6-8,10-11,20-22,24-26,30,37H,5,9,12-19H2,1-4H3,(H,33,39)(H,34,42)(H,35,43)(H,36,38)(H,40,41)/t21-,24-,25-,26-,30-/m0/s1. The van der Waals surface area contributed by atoms with Crippen LogP contribution in [0.4, 0.5) is 0 Å². The van der Waals surface area contributed by atoms with E-state index in [1.54, 1.807) is 0 Å². The first-order valence-corrected chi connectivity index (χ1v) is 15.5. The molecular formula is C32H50N4O7. The highest BCUT2D eigenvalue weighted by Crippen LogP contribution is 2.33. The number of aliphatic carboxylic acids is 1. The largest absolute Gasteiger partial charge is 0.481 e. The number of nitrogens with one attached hydrogen (secondary N) is 4. The number of aliphatic hydroxyl groups excluding tert-OH is 1. The van der Waals surface area contributed by atoms with Gasteiger partial charge in [0, 0.05) is 19.4 Å². The van der Waals surface area contributed by atoms with E-state index in [-0.39, 0.29) is 43.4 Å². The van der Waals surface area contributed by atoms with Gasteiger partial charge in [-0.2, -0.15) is 0 Å². The average Bonchev–Trinajstić information content (AvgIpc) is 3.77. The normalized spacial score (nSPS) is 16.3. The Morgan fingerprint density at radius 1 is 0.907 bits per heavy atom. The number of benzene rings is 1. The number of carbonyl (C=O) groups excluding carboxylic acids is 4. The molecule has 0 aromatic heterocycles. The fourth-order valence-corrected chi connectivity index (χ4v) is 4.83. The molecule has 0 aliphatic heterocycles. The molecule has 1 aliphatic rings. The smallest absolute Gasteiger partial charge is 0.303 e. The van der Waals surface area contributed by atoms with Crippen molar-refractivity contribution in [3.05, 3.63) is 35.9 Å². The van der Waals surface area contributed by atoms with Gasteiger partial charge in [0.25, 0.3) is 0 Å². The Labute approximate surface area is 255 Å². The van der Waals surface area contributed by atoms with Crippen molar-refractivity contribution in [2.75, 3.05) is 0 Å². The maximum Gasteiger partial charge on any atom is 0.303 e. The van der Waals surface area contributed by atoms with Crippen LogP contribution in [0.2, 0.25) is 0 Å². The lowest BCUT2D eigenvalue weighted by Gasteiger charge is -2.30. The van der Waals surface area contributed by atoms with Crippen LogP contribution in [-0.2, 0) is 30.5 Å². The van der Waals surface area contributed by atoms with Crippen LogP contribution in [0.5, 0.6) is 0 Å². The maximum atomic E-state index is 13.5. The number of carbonyl (C=O) groups is 5. The zero-order valence-corrected chi connectivity index (χ0v) is 25.9. The van der Waals surface area contributed by atoms with Crippen molar-refractivity contribution in [3.8, 4) is 0 Å². The molecule has 0 unspecified atom stereocenters. The summed E-state index contributed by atoms with van der Waals surface area (Å²) >= 11 is 0. The molecule has 1 aromatic carbocycles. The van der Waals surface area contributed by atoms with E-state index in [1.807, 2.05) is 58.0 Å². The summed E-state index contributed by atoms with van der Waals surface area (Å²) < 4.78 is 0. The Balaban J connectivity index is 2.06. The first kappa shape index (κ1) is 35.7. The molecular weight excluding hydrogens is 552 g/mol. The SMILES string of the molecule is CC[C@H](C)[C@H](NC(=O)CCCC(=O)O)C(=O)N[C@@H](CC1CC1)C(=O)N[C@@H](CC(C)C)[C@@H](O)CC(=O)NCc1ccccc1. The molecule has 4 amide bonds. The molecule has 1 saturated carbocycles. The van der Waals surface area contributed by atoms with Crippen molar-refractivity contribution in [2.45, 2.75) is 116 Å². The molecule has 43 heavy (non-hydrogen) atoms. The van der Waals surface area contributed by atoms with Crippen molar-refractivity contribution in [2.24, 2.45) is 17.8 Å². The Hall–Kier alpha value is -3.47. The highest BCUT2D eigenvalue weighted by molar-refractivity contribution is 5.92. The van der Waals surface area contributed by atoms with Crippen LogP contribution in [0, 0.1) is 17.8 Å². The van der Waals surface area contributed by atoms with Crippen LogP contribution in [0.3, 0.4) is 0 Å². The van der Waals surface area contributed by atoms with Gasteiger partial charge in [-0.15, -0.1) is 0 Å². The molecule has 0 saturated heterocycles. The minimum atomic E-state index is -1.13. The van der Waals surface area contributed by atoms with Crippen molar-refractivity contribution in [1.29, 1.82) is 0 Å².